The molecule has 1 N–H and O–H groups in total. The van der Waals surface area contributed by atoms with Crippen molar-refractivity contribution in [1.82, 2.24) is 15.2 Å². The number of fused-ring (bicyclic) bond motifs is 4. The summed E-state index contributed by atoms with van der Waals surface area (Å²) in [5.41, 5.74) is 2.26. The van der Waals surface area contributed by atoms with Gasteiger partial charge in [0.2, 0.25) is 0 Å². The van der Waals surface area contributed by atoms with Gasteiger partial charge in [-0.2, -0.15) is 0 Å². The molecule has 1 saturated carbocycles. The van der Waals surface area contributed by atoms with Crippen LogP contribution in [-0.4, -0.2) is 41.0 Å². The Balaban J connectivity index is 1.37. The van der Waals surface area contributed by atoms with Crippen LogP contribution >= 0.6 is 0 Å². The standard InChI is InChI=1S/C19H23N3O2/c1-11-17(12-6-8-22(11)9-7-12)21-18(23)14-4-5-16-15(10-14)20-19(24-16)13-2-3-13/h4-5,10-13,17H,2-3,6-9H2,1H3,(H,21,23). The molecular formula is C19H23N3O2. The molecule has 2 atom stereocenters. The maximum absolute atomic E-state index is 12.7. The molecule has 2 aromatic rings. The predicted molar refractivity (Wildman–Crippen MR) is 91.0 cm³/mol. The first-order valence-corrected chi connectivity index (χ1v) is 9.14. The van der Waals surface area contributed by atoms with Crippen molar-refractivity contribution >= 4 is 17.0 Å². The van der Waals surface area contributed by atoms with E-state index >= 15 is 0 Å². The Hall–Kier alpha value is -1.88. The van der Waals surface area contributed by atoms with E-state index in [1.165, 1.54) is 25.9 Å². The van der Waals surface area contributed by atoms with Crippen LogP contribution in [0.25, 0.3) is 11.1 Å². The van der Waals surface area contributed by atoms with Crippen LogP contribution < -0.4 is 5.32 Å². The summed E-state index contributed by atoms with van der Waals surface area (Å²) in [6.07, 6.45) is 4.72. The van der Waals surface area contributed by atoms with Crippen LogP contribution in [0.3, 0.4) is 0 Å². The fourth-order valence-electron chi connectivity index (χ4n) is 4.37. The zero-order valence-corrected chi connectivity index (χ0v) is 14.0. The Morgan fingerprint density at radius 3 is 2.75 bits per heavy atom. The molecule has 1 aliphatic carbocycles. The van der Waals surface area contributed by atoms with Gasteiger partial charge in [0.05, 0.1) is 0 Å². The first-order valence-electron chi connectivity index (χ1n) is 9.14. The Morgan fingerprint density at radius 2 is 2.04 bits per heavy atom. The van der Waals surface area contributed by atoms with E-state index in [0.717, 1.165) is 29.8 Å². The highest BCUT2D eigenvalue weighted by atomic mass is 16.3. The van der Waals surface area contributed by atoms with Crippen LogP contribution in [0.1, 0.15) is 54.8 Å². The van der Waals surface area contributed by atoms with E-state index in [9.17, 15) is 4.79 Å². The smallest absolute Gasteiger partial charge is 0.251 e. The van der Waals surface area contributed by atoms with Gasteiger partial charge in [0.1, 0.15) is 5.52 Å². The van der Waals surface area contributed by atoms with Crippen molar-refractivity contribution in [1.29, 1.82) is 0 Å². The normalized spacial score (nSPS) is 32.2. The fraction of sp³-hybridized carbons (Fsp3) is 0.579. The van der Waals surface area contributed by atoms with Gasteiger partial charge in [-0.3, -0.25) is 9.69 Å². The fourth-order valence-corrected chi connectivity index (χ4v) is 4.37. The van der Waals surface area contributed by atoms with Gasteiger partial charge in [-0.1, -0.05) is 0 Å². The molecule has 4 heterocycles. The number of aromatic nitrogens is 1. The highest BCUT2D eigenvalue weighted by Gasteiger charge is 2.40. The van der Waals surface area contributed by atoms with Crippen molar-refractivity contribution in [3.8, 4) is 0 Å². The minimum absolute atomic E-state index is 0.0125. The van der Waals surface area contributed by atoms with E-state index in [1.807, 2.05) is 18.2 Å². The molecule has 2 bridgehead atoms. The Morgan fingerprint density at radius 1 is 1.25 bits per heavy atom. The molecule has 5 heteroatoms. The van der Waals surface area contributed by atoms with E-state index < -0.39 is 0 Å². The molecule has 24 heavy (non-hydrogen) atoms. The molecule has 126 valence electrons. The largest absolute Gasteiger partial charge is 0.440 e. The first kappa shape index (κ1) is 14.5. The number of rotatable bonds is 3. The highest BCUT2D eigenvalue weighted by molar-refractivity contribution is 5.97. The van der Waals surface area contributed by atoms with E-state index in [4.69, 9.17) is 4.42 Å². The summed E-state index contributed by atoms with van der Waals surface area (Å²) >= 11 is 0. The van der Waals surface area contributed by atoms with Crippen molar-refractivity contribution in [2.75, 3.05) is 13.1 Å². The minimum Gasteiger partial charge on any atom is -0.440 e. The number of nitrogens with one attached hydrogen (secondary N) is 1. The highest BCUT2D eigenvalue weighted by Crippen LogP contribution is 2.40. The molecular weight excluding hydrogens is 302 g/mol. The van der Waals surface area contributed by atoms with E-state index in [-0.39, 0.29) is 11.9 Å². The summed E-state index contributed by atoms with van der Waals surface area (Å²) in [6, 6.07) is 6.29. The second kappa shape index (κ2) is 5.31. The molecule has 0 radical (unpaired) electrons. The number of benzene rings is 1. The van der Waals surface area contributed by atoms with Crippen LogP contribution in [0.5, 0.6) is 0 Å². The number of oxazole rings is 1. The number of carbonyl (C=O) groups excluding carboxylic acids is 1. The van der Waals surface area contributed by atoms with Crippen molar-refractivity contribution in [3.05, 3.63) is 29.7 Å². The lowest BCUT2D eigenvalue weighted by Gasteiger charge is -2.49. The van der Waals surface area contributed by atoms with Gasteiger partial charge < -0.3 is 9.73 Å². The molecule has 1 aromatic carbocycles. The van der Waals surface area contributed by atoms with Crippen LogP contribution in [0, 0.1) is 5.92 Å². The first-order chi connectivity index (χ1) is 11.7. The number of piperidine rings is 3. The lowest BCUT2D eigenvalue weighted by Crippen LogP contribution is -2.62. The van der Waals surface area contributed by atoms with E-state index in [1.54, 1.807) is 0 Å². The van der Waals surface area contributed by atoms with Crippen LogP contribution in [0.15, 0.2) is 22.6 Å². The minimum atomic E-state index is 0.0125. The van der Waals surface area contributed by atoms with E-state index in [2.05, 4.69) is 22.1 Å². The molecule has 0 spiro atoms. The zero-order valence-electron chi connectivity index (χ0n) is 14.0. The summed E-state index contributed by atoms with van der Waals surface area (Å²) in [5, 5.41) is 3.28. The summed E-state index contributed by atoms with van der Waals surface area (Å²) in [7, 11) is 0. The van der Waals surface area contributed by atoms with Crippen LogP contribution in [0.4, 0.5) is 0 Å². The second-order valence-corrected chi connectivity index (χ2v) is 7.62. The predicted octanol–water partition coefficient (Wildman–Crippen LogP) is 2.92. The Bertz CT molecular complexity index is 785. The van der Waals surface area contributed by atoms with Gasteiger partial charge in [-0.05, 0) is 69.8 Å². The lowest BCUT2D eigenvalue weighted by molar-refractivity contribution is 0.0217. The second-order valence-electron chi connectivity index (χ2n) is 7.62. The molecule has 1 aromatic heterocycles. The number of hydrogen-bond acceptors (Lipinski definition) is 4. The number of nitrogens with zero attached hydrogens (tertiary/aromatic N) is 2. The molecule has 4 aliphatic rings. The monoisotopic (exact) mass is 325 g/mol. The molecule has 5 nitrogen and oxygen atoms in total. The quantitative estimate of drug-likeness (QED) is 0.943. The van der Waals surface area contributed by atoms with Crippen molar-refractivity contribution < 1.29 is 9.21 Å². The number of carbonyl (C=O) groups is 1. The summed E-state index contributed by atoms with van der Waals surface area (Å²) in [6.45, 7) is 4.58. The van der Waals surface area contributed by atoms with Crippen LogP contribution in [-0.2, 0) is 0 Å². The molecule has 3 aliphatic heterocycles. The number of amides is 1. The van der Waals surface area contributed by atoms with Gasteiger partial charge in [-0.15, -0.1) is 0 Å². The Kier molecular flexibility index (Phi) is 3.20. The van der Waals surface area contributed by atoms with Crippen molar-refractivity contribution in [2.45, 2.75) is 50.6 Å². The van der Waals surface area contributed by atoms with Crippen molar-refractivity contribution in [2.24, 2.45) is 5.92 Å². The third-order valence-corrected chi connectivity index (χ3v) is 6.07. The topological polar surface area (TPSA) is 58.4 Å². The summed E-state index contributed by atoms with van der Waals surface area (Å²) in [4.78, 5) is 19.8. The van der Waals surface area contributed by atoms with Crippen LogP contribution in [0.2, 0.25) is 0 Å². The molecule has 1 amide bonds. The van der Waals surface area contributed by atoms with Gasteiger partial charge >= 0.3 is 0 Å². The maximum atomic E-state index is 12.7. The molecule has 3 saturated heterocycles. The van der Waals surface area contributed by atoms with E-state index in [0.29, 0.717) is 23.4 Å². The zero-order chi connectivity index (χ0) is 16.3. The van der Waals surface area contributed by atoms with Gasteiger partial charge in [-0.25, -0.2) is 4.98 Å². The average molecular weight is 325 g/mol. The van der Waals surface area contributed by atoms with Gasteiger partial charge in [0.15, 0.2) is 11.5 Å². The van der Waals surface area contributed by atoms with Gasteiger partial charge in [0.25, 0.3) is 5.91 Å². The Labute approximate surface area is 141 Å². The molecule has 2 unspecified atom stereocenters. The summed E-state index contributed by atoms with van der Waals surface area (Å²) < 4.78 is 5.78. The third-order valence-electron chi connectivity index (χ3n) is 6.07. The SMILES string of the molecule is CC1C(NC(=O)c2ccc3oc(C4CC4)nc3c2)C2CCN1CC2. The summed E-state index contributed by atoms with van der Waals surface area (Å²) in [5.74, 6) is 1.95. The lowest BCUT2D eigenvalue weighted by atomic mass is 9.79. The maximum Gasteiger partial charge on any atom is 0.251 e. The van der Waals surface area contributed by atoms with Gasteiger partial charge in [0, 0.05) is 23.6 Å². The van der Waals surface area contributed by atoms with Crippen molar-refractivity contribution in [3.63, 3.8) is 0 Å². The molecule has 4 fully saturated rings. The molecule has 6 rings (SSSR count). The third kappa shape index (κ3) is 2.34. The average Bonchev–Trinajstić information content (AvgIpc) is 3.37. The number of hydrogen-bond donors (Lipinski definition) is 1.